The molecule has 1 heterocycles. The molecule has 19 heavy (non-hydrogen) atoms. The van der Waals surface area contributed by atoms with Crippen molar-refractivity contribution in [1.82, 2.24) is 9.97 Å². The van der Waals surface area contributed by atoms with Gasteiger partial charge >= 0.3 is 0 Å². The normalized spacial score (nSPS) is 10.6. The van der Waals surface area contributed by atoms with Crippen molar-refractivity contribution in [2.45, 2.75) is 20.3 Å². The number of halogens is 3. The summed E-state index contributed by atoms with van der Waals surface area (Å²) in [7, 11) is 0. The van der Waals surface area contributed by atoms with Gasteiger partial charge in [-0.3, -0.25) is 0 Å². The summed E-state index contributed by atoms with van der Waals surface area (Å²) < 4.78 is 19.5. The van der Waals surface area contributed by atoms with Crippen LogP contribution >= 0.6 is 27.5 Å². The monoisotopic (exact) mass is 344 g/mol. The molecule has 2 aromatic rings. The Morgan fingerprint density at radius 1 is 1.32 bits per heavy atom. The molecule has 0 N–H and O–H groups in total. The predicted octanol–water partition coefficient (Wildman–Crippen LogP) is 4.69. The number of aromatic nitrogens is 2. The highest BCUT2D eigenvalue weighted by Gasteiger charge is 2.11. The van der Waals surface area contributed by atoms with E-state index in [1.807, 2.05) is 6.92 Å². The highest BCUT2D eigenvalue weighted by molar-refractivity contribution is 9.10. The fourth-order valence-electron chi connectivity index (χ4n) is 1.47. The molecule has 3 nitrogen and oxygen atoms in total. The van der Waals surface area contributed by atoms with Crippen LogP contribution in [0.1, 0.15) is 18.3 Å². The predicted molar refractivity (Wildman–Crippen MR) is 75.3 cm³/mol. The largest absolute Gasteiger partial charge is 0.438 e. The average Bonchev–Trinajstić information content (AvgIpc) is 2.33. The first-order chi connectivity index (χ1) is 8.99. The Bertz CT molecular complexity index is 602. The van der Waals surface area contributed by atoms with E-state index in [4.69, 9.17) is 16.3 Å². The second kappa shape index (κ2) is 5.84. The quantitative estimate of drug-likeness (QED) is 0.757. The fraction of sp³-hybridized carbons (Fsp3) is 0.231. The Balaban J connectivity index is 2.39. The SMILES string of the molecule is CCc1nc(Cl)c(C)c(Oc2cc(F)cc(Br)c2)n1. The summed E-state index contributed by atoms with van der Waals surface area (Å²) in [6.45, 7) is 3.68. The molecule has 0 radical (unpaired) electrons. The molecule has 0 fully saturated rings. The Hall–Kier alpha value is -1.20. The number of nitrogens with zero attached hydrogens (tertiary/aromatic N) is 2. The highest BCUT2D eigenvalue weighted by atomic mass is 79.9. The Morgan fingerprint density at radius 2 is 2.05 bits per heavy atom. The molecule has 0 spiro atoms. The molecule has 1 aromatic heterocycles. The minimum absolute atomic E-state index is 0.342. The third-order valence-corrected chi connectivity index (χ3v) is 3.28. The Kier molecular flexibility index (Phi) is 4.37. The van der Waals surface area contributed by atoms with Crippen molar-refractivity contribution in [3.05, 3.63) is 45.0 Å². The van der Waals surface area contributed by atoms with Crippen molar-refractivity contribution >= 4 is 27.5 Å². The molecule has 0 atom stereocenters. The van der Waals surface area contributed by atoms with Crippen LogP contribution in [0.4, 0.5) is 4.39 Å². The second-order valence-electron chi connectivity index (χ2n) is 3.92. The molecule has 0 aliphatic carbocycles. The van der Waals surface area contributed by atoms with Crippen molar-refractivity contribution in [2.75, 3.05) is 0 Å². The van der Waals surface area contributed by atoms with Crippen LogP contribution in [0.25, 0.3) is 0 Å². The van der Waals surface area contributed by atoms with Gasteiger partial charge in [-0.1, -0.05) is 34.5 Å². The van der Waals surface area contributed by atoms with E-state index < -0.39 is 5.82 Å². The van der Waals surface area contributed by atoms with Crippen molar-refractivity contribution in [2.24, 2.45) is 0 Å². The van der Waals surface area contributed by atoms with Crippen LogP contribution in [0, 0.1) is 12.7 Å². The number of hydrogen-bond acceptors (Lipinski definition) is 3. The molecule has 0 aliphatic heterocycles. The minimum Gasteiger partial charge on any atom is -0.438 e. The van der Waals surface area contributed by atoms with Crippen molar-refractivity contribution in [1.29, 1.82) is 0 Å². The van der Waals surface area contributed by atoms with Crippen molar-refractivity contribution in [3.8, 4) is 11.6 Å². The first-order valence-corrected chi connectivity index (χ1v) is 6.83. The zero-order valence-corrected chi connectivity index (χ0v) is 12.7. The van der Waals surface area contributed by atoms with Crippen molar-refractivity contribution < 1.29 is 9.13 Å². The zero-order chi connectivity index (χ0) is 14.0. The lowest BCUT2D eigenvalue weighted by Gasteiger charge is -2.10. The molecule has 1 aromatic carbocycles. The molecule has 6 heteroatoms. The van der Waals surface area contributed by atoms with Gasteiger partial charge in [0, 0.05) is 22.5 Å². The number of rotatable bonds is 3. The highest BCUT2D eigenvalue weighted by Crippen LogP contribution is 2.29. The van der Waals surface area contributed by atoms with Crippen LogP contribution < -0.4 is 4.74 Å². The summed E-state index contributed by atoms with van der Waals surface area (Å²) in [4.78, 5) is 8.37. The third kappa shape index (κ3) is 3.42. The third-order valence-electron chi connectivity index (χ3n) is 2.45. The minimum atomic E-state index is -0.391. The van der Waals surface area contributed by atoms with E-state index >= 15 is 0 Å². The van der Waals surface area contributed by atoms with E-state index in [2.05, 4.69) is 25.9 Å². The van der Waals surface area contributed by atoms with Crippen molar-refractivity contribution in [3.63, 3.8) is 0 Å². The van der Waals surface area contributed by atoms with Crippen LogP contribution in [-0.4, -0.2) is 9.97 Å². The summed E-state index contributed by atoms with van der Waals surface area (Å²) >= 11 is 9.22. The smallest absolute Gasteiger partial charge is 0.226 e. The van der Waals surface area contributed by atoms with E-state index in [1.54, 1.807) is 13.0 Å². The fourth-order valence-corrected chi connectivity index (χ4v) is 2.09. The average molecular weight is 346 g/mol. The lowest BCUT2D eigenvalue weighted by Crippen LogP contribution is -2.00. The van der Waals surface area contributed by atoms with Gasteiger partial charge in [0.2, 0.25) is 5.88 Å². The van der Waals surface area contributed by atoms with E-state index in [-0.39, 0.29) is 0 Å². The summed E-state index contributed by atoms with van der Waals surface area (Å²) in [5.41, 5.74) is 0.624. The van der Waals surface area contributed by atoms with Gasteiger partial charge in [-0.25, -0.2) is 9.37 Å². The Morgan fingerprint density at radius 3 is 2.68 bits per heavy atom. The molecule has 0 saturated carbocycles. The van der Waals surface area contributed by atoms with E-state index in [0.29, 0.717) is 39.1 Å². The molecule has 100 valence electrons. The summed E-state index contributed by atoms with van der Waals surface area (Å²) in [6, 6.07) is 4.29. The molecule has 0 unspecified atom stereocenters. The van der Waals surface area contributed by atoms with Gasteiger partial charge in [-0.15, -0.1) is 0 Å². The topological polar surface area (TPSA) is 35.0 Å². The molecule has 0 amide bonds. The first kappa shape index (κ1) is 14.2. The van der Waals surface area contributed by atoms with Gasteiger partial charge in [-0.2, -0.15) is 4.98 Å². The molecular formula is C13H11BrClFN2O. The van der Waals surface area contributed by atoms with Gasteiger partial charge in [-0.05, 0) is 19.1 Å². The summed E-state index contributed by atoms with van der Waals surface area (Å²) in [6.07, 6.45) is 0.642. The Labute approximate surface area is 123 Å². The molecule has 0 saturated heterocycles. The molecule has 0 bridgehead atoms. The molecular weight excluding hydrogens is 335 g/mol. The summed E-state index contributed by atoms with van der Waals surface area (Å²) in [5, 5.41) is 0.345. The molecule has 0 aliphatic rings. The standard InChI is InChI=1S/C13H11BrClFN2O/c1-3-11-17-12(15)7(2)13(18-11)19-10-5-8(14)4-9(16)6-10/h4-6H,3H2,1-2H3. The number of benzene rings is 1. The maximum absolute atomic E-state index is 13.3. The molecule has 2 rings (SSSR count). The van der Waals surface area contributed by atoms with E-state index in [0.717, 1.165) is 0 Å². The van der Waals surface area contributed by atoms with E-state index in [1.165, 1.54) is 12.1 Å². The summed E-state index contributed by atoms with van der Waals surface area (Å²) in [5.74, 6) is 0.889. The van der Waals surface area contributed by atoms with Gasteiger partial charge in [0.15, 0.2) is 0 Å². The lowest BCUT2D eigenvalue weighted by molar-refractivity contribution is 0.450. The van der Waals surface area contributed by atoms with Crippen LogP contribution in [0.15, 0.2) is 22.7 Å². The maximum Gasteiger partial charge on any atom is 0.226 e. The number of aryl methyl sites for hydroxylation is 1. The van der Waals surface area contributed by atoms with Crippen LogP contribution in [0.5, 0.6) is 11.6 Å². The van der Waals surface area contributed by atoms with Gasteiger partial charge in [0.05, 0.1) is 0 Å². The van der Waals surface area contributed by atoms with Crippen LogP contribution in [0.3, 0.4) is 0 Å². The first-order valence-electron chi connectivity index (χ1n) is 5.66. The lowest BCUT2D eigenvalue weighted by atomic mass is 10.3. The maximum atomic E-state index is 13.3. The number of hydrogen-bond donors (Lipinski definition) is 0. The van der Waals surface area contributed by atoms with Crippen LogP contribution in [0.2, 0.25) is 5.15 Å². The van der Waals surface area contributed by atoms with Gasteiger partial charge in [0.25, 0.3) is 0 Å². The van der Waals surface area contributed by atoms with E-state index in [9.17, 15) is 4.39 Å². The zero-order valence-electron chi connectivity index (χ0n) is 10.4. The van der Waals surface area contributed by atoms with Gasteiger partial charge in [0.1, 0.15) is 22.5 Å². The van der Waals surface area contributed by atoms with Gasteiger partial charge < -0.3 is 4.74 Å². The second-order valence-corrected chi connectivity index (χ2v) is 5.20. The number of ether oxygens (including phenoxy) is 1. The van der Waals surface area contributed by atoms with Crippen LogP contribution in [-0.2, 0) is 6.42 Å².